The second kappa shape index (κ2) is 7.79. The normalized spacial score (nSPS) is 24.9. The van der Waals surface area contributed by atoms with Crippen LogP contribution in [0, 0.1) is 17.8 Å². The number of hydrogen-bond donors (Lipinski definition) is 0. The molecule has 0 spiro atoms. The zero-order chi connectivity index (χ0) is 15.9. The zero-order valence-corrected chi connectivity index (χ0v) is 13.5. The van der Waals surface area contributed by atoms with Crippen LogP contribution in [0.4, 0.5) is 0 Å². The first-order valence-electron chi connectivity index (χ1n) is 7.92. The Bertz CT molecular complexity index is 581. The minimum atomic E-state index is -0.202. The van der Waals surface area contributed by atoms with E-state index in [2.05, 4.69) is 49.4 Å². The fourth-order valence-electron chi connectivity index (χ4n) is 2.57. The average Bonchev–Trinajstić information content (AvgIpc) is 2.67. The Hall–Kier alpha value is -2.09. The maximum absolute atomic E-state index is 12.1. The summed E-state index contributed by atoms with van der Waals surface area (Å²) in [6.45, 7) is 6.46. The van der Waals surface area contributed by atoms with Gasteiger partial charge >= 0.3 is 5.97 Å². The Kier molecular flexibility index (Phi) is 5.76. The van der Waals surface area contributed by atoms with Crippen molar-refractivity contribution in [2.75, 3.05) is 6.61 Å². The molecule has 0 heterocycles. The van der Waals surface area contributed by atoms with Gasteiger partial charge in [-0.05, 0) is 18.4 Å². The summed E-state index contributed by atoms with van der Waals surface area (Å²) in [6.07, 6.45) is 10.6. The van der Waals surface area contributed by atoms with Crippen LogP contribution in [-0.2, 0) is 9.53 Å². The summed E-state index contributed by atoms with van der Waals surface area (Å²) >= 11 is 0. The van der Waals surface area contributed by atoms with E-state index in [9.17, 15) is 4.79 Å². The van der Waals surface area contributed by atoms with Gasteiger partial charge < -0.3 is 4.74 Å². The van der Waals surface area contributed by atoms with E-state index in [0.29, 0.717) is 12.5 Å². The minimum absolute atomic E-state index is 0.0941. The van der Waals surface area contributed by atoms with Crippen LogP contribution in [0.25, 0.3) is 6.08 Å². The third-order valence-electron chi connectivity index (χ3n) is 3.99. The van der Waals surface area contributed by atoms with Crippen LogP contribution in [-0.4, -0.2) is 12.6 Å². The molecule has 0 bridgehead atoms. The van der Waals surface area contributed by atoms with Gasteiger partial charge in [0.1, 0.15) is 0 Å². The molecular formula is C20H24O2. The molecule has 2 heteroatoms. The fourth-order valence-corrected chi connectivity index (χ4v) is 2.57. The third-order valence-corrected chi connectivity index (χ3v) is 3.99. The van der Waals surface area contributed by atoms with Crippen LogP contribution in [0.3, 0.4) is 0 Å². The minimum Gasteiger partial charge on any atom is -0.463 e. The molecular weight excluding hydrogens is 272 g/mol. The Balaban J connectivity index is 2.25. The van der Waals surface area contributed by atoms with E-state index < -0.39 is 0 Å². The van der Waals surface area contributed by atoms with E-state index in [1.807, 2.05) is 32.0 Å². The smallest absolute Gasteiger partial charge is 0.334 e. The summed E-state index contributed by atoms with van der Waals surface area (Å²) in [5, 5.41) is 0. The Labute approximate surface area is 133 Å². The van der Waals surface area contributed by atoms with Crippen LogP contribution < -0.4 is 0 Å². The predicted molar refractivity (Wildman–Crippen MR) is 91.2 cm³/mol. The van der Waals surface area contributed by atoms with Crippen molar-refractivity contribution in [1.29, 1.82) is 0 Å². The van der Waals surface area contributed by atoms with E-state index in [1.54, 1.807) is 0 Å². The molecule has 0 radical (unpaired) electrons. The summed E-state index contributed by atoms with van der Waals surface area (Å²) in [4.78, 5) is 12.1. The molecule has 2 nitrogen and oxygen atoms in total. The molecule has 2 rings (SSSR count). The van der Waals surface area contributed by atoms with Gasteiger partial charge in [-0.3, -0.25) is 0 Å². The lowest BCUT2D eigenvalue weighted by molar-refractivity contribution is -0.138. The van der Waals surface area contributed by atoms with Gasteiger partial charge in [0.2, 0.25) is 0 Å². The lowest BCUT2D eigenvalue weighted by Crippen LogP contribution is -2.14. The highest BCUT2D eigenvalue weighted by Gasteiger charge is 2.22. The van der Waals surface area contributed by atoms with Gasteiger partial charge in [-0.1, -0.05) is 74.6 Å². The molecule has 1 aliphatic rings. The van der Waals surface area contributed by atoms with Crippen molar-refractivity contribution in [3.63, 3.8) is 0 Å². The second-order valence-corrected chi connectivity index (χ2v) is 5.72. The number of hydrogen-bond acceptors (Lipinski definition) is 2. The fraction of sp³-hybridized carbons (Fsp3) is 0.350. The molecule has 0 amide bonds. The molecule has 0 fully saturated rings. The van der Waals surface area contributed by atoms with E-state index in [0.717, 1.165) is 5.57 Å². The molecule has 0 aliphatic heterocycles. The summed E-state index contributed by atoms with van der Waals surface area (Å²) in [5.41, 5.74) is 1.92. The molecule has 0 saturated heterocycles. The van der Waals surface area contributed by atoms with Crippen LogP contribution in [0.1, 0.15) is 26.3 Å². The molecule has 116 valence electrons. The maximum Gasteiger partial charge on any atom is 0.334 e. The van der Waals surface area contributed by atoms with Crippen molar-refractivity contribution in [2.45, 2.75) is 20.8 Å². The number of allylic oxidation sites excluding steroid dienone is 4. The lowest BCUT2D eigenvalue weighted by Gasteiger charge is -2.14. The first kappa shape index (κ1) is 16.3. The van der Waals surface area contributed by atoms with E-state index in [4.69, 9.17) is 4.74 Å². The number of rotatable bonds is 4. The van der Waals surface area contributed by atoms with Gasteiger partial charge in [0, 0.05) is 17.4 Å². The third kappa shape index (κ3) is 4.20. The molecule has 1 aliphatic carbocycles. The van der Waals surface area contributed by atoms with Gasteiger partial charge in [0.15, 0.2) is 0 Å². The molecule has 1 aromatic rings. The van der Waals surface area contributed by atoms with Crippen LogP contribution in [0.2, 0.25) is 0 Å². The summed E-state index contributed by atoms with van der Waals surface area (Å²) in [7, 11) is 0. The number of carbonyl (C=O) groups is 1. The zero-order valence-electron chi connectivity index (χ0n) is 13.5. The van der Waals surface area contributed by atoms with Gasteiger partial charge in [-0.2, -0.15) is 0 Å². The molecule has 2 unspecified atom stereocenters. The topological polar surface area (TPSA) is 26.3 Å². The highest BCUT2D eigenvalue weighted by molar-refractivity contribution is 5.89. The first-order valence-corrected chi connectivity index (χ1v) is 7.92. The van der Waals surface area contributed by atoms with E-state index in [1.165, 1.54) is 5.56 Å². The van der Waals surface area contributed by atoms with Crippen LogP contribution >= 0.6 is 0 Å². The SMILES string of the molecule is CCOC(=O)C1=C[C@H](/C=C/c2ccccc2)C(C)C=CC1C. The van der Waals surface area contributed by atoms with E-state index >= 15 is 0 Å². The Morgan fingerprint density at radius 1 is 1.18 bits per heavy atom. The standard InChI is InChI=1S/C20H24O2/c1-4-22-20(21)19-14-18(15(2)10-11-16(19)3)13-12-17-8-6-5-7-9-17/h5-16,18H,4H2,1-3H3/b13-12+/t15?,16?,18-/m0/s1. The Morgan fingerprint density at radius 3 is 2.59 bits per heavy atom. The first-order chi connectivity index (χ1) is 10.6. The number of ether oxygens (including phenoxy) is 1. The lowest BCUT2D eigenvalue weighted by atomic mass is 9.92. The van der Waals surface area contributed by atoms with Crippen LogP contribution in [0.15, 0.2) is 60.2 Å². The predicted octanol–water partition coefficient (Wildman–Crippen LogP) is 4.65. The largest absolute Gasteiger partial charge is 0.463 e. The second-order valence-electron chi connectivity index (χ2n) is 5.72. The molecule has 0 aromatic heterocycles. The monoisotopic (exact) mass is 296 g/mol. The molecule has 0 saturated carbocycles. The molecule has 22 heavy (non-hydrogen) atoms. The van der Waals surface area contributed by atoms with Crippen molar-refractivity contribution in [2.24, 2.45) is 17.8 Å². The van der Waals surface area contributed by atoms with Crippen molar-refractivity contribution in [3.8, 4) is 0 Å². The van der Waals surface area contributed by atoms with Crippen molar-refractivity contribution >= 4 is 12.0 Å². The Morgan fingerprint density at radius 2 is 1.91 bits per heavy atom. The van der Waals surface area contributed by atoms with E-state index in [-0.39, 0.29) is 17.8 Å². The quantitative estimate of drug-likeness (QED) is 0.597. The van der Waals surface area contributed by atoms with Gasteiger partial charge in [0.05, 0.1) is 6.61 Å². The molecule has 3 atom stereocenters. The number of benzene rings is 1. The number of esters is 1. The molecule has 1 aromatic carbocycles. The van der Waals surface area contributed by atoms with Gasteiger partial charge in [0.25, 0.3) is 0 Å². The highest BCUT2D eigenvalue weighted by atomic mass is 16.5. The summed E-state index contributed by atoms with van der Waals surface area (Å²) in [6, 6.07) is 10.2. The summed E-state index contributed by atoms with van der Waals surface area (Å²) < 4.78 is 5.19. The average molecular weight is 296 g/mol. The highest BCUT2D eigenvalue weighted by Crippen LogP contribution is 2.28. The van der Waals surface area contributed by atoms with Gasteiger partial charge in [-0.15, -0.1) is 0 Å². The number of carbonyl (C=O) groups excluding carboxylic acids is 1. The van der Waals surface area contributed by atoms with Crippen molar-refractivity contribution in [1.82, 2.24) is 0 Å². The summed E-state index contributed by atoms with van der Waals surface area (Å²) in [5.74, 6) is 0.443. The molecule has 0 N–H and O–H groups in total. The van der Waals surface area contributed by atoms with Crippen molar-refractivity contribution in [3.05, 3.63) is 65.8 Å². The van der Waals surface area contributed by atoms with Crippen LogP contribution in [0.5, 0.6) is 0 Å². The van der Waals surface area contributed by atoms with Crippen molar-refractivity contribution < 1.29 is 9.53 Å². The van der Waals surface area contributed by atoms with Gasteiger partial charge in [-0.25, -0.2) is 4.79 Å². The maximum atomic E-state index is 12.1.